The molecular formula is C19H24N2O2. The second kappa shape index (κ2) is 7.47. The Morgan fingerprint density at radius 1 is 1.26 bits per heavy atom. The number of rotatable bonds is 5. The Balaban J connectivity index is 1.58. The summed E-state index contributed by atoms with van der Waals surface area (Å²) in [5.41, 5.74) is 3.05. The van der Waals surface area contributed by atoms with Crippen LogP contribution in [0.2, 0.25) is 0 Å². The highest BCUT2D eigenvalue weighted by Crippen LogP contribution is 2.17. The molecule has 0 aliphatic carbocycles. The monoisotopic (exact) mass is 312 g/mol. The van der Waals surface area contributed by atoms with Crippen LogP contribution < -0.4 is 5.32 Å². The molecule has 1 saturated heterocycles. The molecule has 4 heteroatoms. The maximum absolute atomic E-state index is 12.5. The molecule has 2 aromatic rings. The van der Waals surface area contributed by atoms with Crippen LogP contribution in [-0.2, 0) is 13.0 Å². The van der Waals surface area contributed by atoms with E-state index in [0.29, 0.717) is 12.5 Å². The number of carbonyl (C=O) groups is 1. The minimum Gasteiger partial charge on any atom is -0.472 e. The van der Waals surface area contributed by atoms with Crippen LogP contribution in [0.1, 0.15) is 34.3 Å². The fourth-order valence-electron chi connectivity index (χ4n) is 3.16. The lowest BCUT2D eigenvalue weighted by Gasteiger charge is -2.22. The lowest BCUT2D eigenvalue weighted by molar-refractivity contribution is 0.0785. The number of piperidine rings is 1. The van der Waals surface area contributed by atoms with E-state index < -0.39 is 0 Å². The van der Waals surface area contributed by atoms with Crippen molar-refractivity contribution in [2.75, 3.05) is 20.1 Å². The van der Waals surface area contributed by atoms with Gasteiger partial charge >= 0.3 is 0 Å². The normalized spacial score (nSPS) is 17.9. The molecule has 1 aliphatic heterocycles. The van der Waals surface area contributed by atoms with Gasteiger partial charge in [-0.25, -0.2) is 0 Å². The van der Waals surface area contributed by atoms with E-state index in [-0.39, 0.29) is 5.91 Å². The lowest BCUT2D eigenvalue weighted by Crippen LogP contribution is -2.30. The Hall–Kier alpha value is -2.07. The first-order valence-corrected chi connectivity index (χ1v) is 8.28. The zero-order valence-electron chi connectivity index (χ0n) is 13.6. The van der Waals surface area contributed by atoms with Crippen molar-refractivity contribution in [3.63, 3.8) is 0 Å². The van der Waals surface area contributed by atoms with Gasteiger partial charge in [-0.1, -0.05) is 12.1 Å². The van der Waals surface area contributed by atoms with Gasteiger partial charge in [-0.15, -0.1) is 0 Å². The van der Waals surface area contributed by atoms with E-state index in [4.69, 9.17) is 4.42 Å². The van der Waals surface area contributed by atoms with Crippen molar-refractivity contribution in [1.29, 1.82) is 0 Å². The number of carbonyl (C=O) groups excluding carboxylic acids is 1. The summed E-state index contributed by atoms with van der Waals surface area (Å²) in [6.45, 7) is 2.81. The predicted octanol–water partition coefficient (Wildman–Crippen LogP) is 3.09. The SMILES string of the molecule is CN(Cc1ccoc1)C(=O)c1ccc(CC2CCCNC2)cc1. The average Bonchev–Trinajstić information content (AvgIpc) is 3.09. The van der Waals surface area contributed by atoms with Gasteiger partial charge < -0.3 is 14.6 Å². The largest absolute Gasteiger partial charge is 0.472 e. The zero-order valence-corrected chi connectivity index (χ0v) is 13.6. The maximum Gasteiger partial charge on any atom is 0.253 e. The number of nitrogens with one attached hydrogen (secondary N) is 1. The highest BCUT2D eigenvalue weighted by Gasteiger charge is 2.15. The zero-order chi connectivity index (χ0) is 16.1. The minimum absolute atomic E-state index is 0.0390. The fraction of sp³-hybridized carbons (Fsp3) is 0.421. The van der Waals surface area contributed by atoms with Crippen LogP contribution >= 0.6 is 0 Å². The van der Waals surface area contributed by atoms with Crippen molar-refractivity contribution in [2.24, 2.45) is 5.92 Å². The second-order valence-corrected chi connectivity index (χ2v) is 6.41. The molecule has 1 aliphatic rings. The molecule has 4 nitrogen and oxygen atoms in total. The summed E-state index contributed by atoms with van der Waals surface area (Å²) in [5.74, 6) is 0.756. The molecule has 23 heavy (non-hydrogen) atoms. The summed E-state index contributed by atoms with van der Waals surface area (Å²) in [7, 11) is 1.82. The molecule has 1 fully saturated rings. The molecule has 122 valence electrons. The van der Waals surface area contributed by atoms with Crippen molar-refractivity contribution >= 4 is 5.91 Å². The van der Waals surface area contributed by atoms with Crippen LogP contribution in [0.5, 0.6) is 0 Å². The minimum atomic E-state index is 0.0390. The molecule has 2 heterocycles. The van der Waals surface area contributed by atoms with Crippen molar-refractivity contribution < 1.29 is 9.21 Å². The molecular weight excluding hydrogens is 288 g/mol. The van der Waals surface area contributed by atoms with Crippen molar-refractivity contribution in [2.45, 2.75) is 25.8 Å². The fourth-order valence-corrected chi connectivity index (χ4v) is 3.16. The molecule has 1 amide bonds. The van der Waals surface area contributed by atoms with Gasteiger partial charge in [-0.3, -0.25) is 4.79 Å². The third-order valence-electron chi connectivity index (χ3n) is 4.47. The van der Waals surface area contributed by atoms with Crippen molar-refractivity contribution in [3.8, 4) is 0 Å². The quantitative estimate of drug-likeness (QED) is 0.923. The van der Waals surface area contributed by atoms with Gasteiger partial charge in [0.1, 0.15) is 0 Å². The second-order valence-electron chi connectivity index (χ2n) is 6.41. The topological polar surface area (TPSA) is 45.5 Å². The van der Waals surface area contributed by atoms with Crippen LogP contribution in [0, 0.1) is 5.92 Å². The summed E-state index contributed by atoms with van der Waals surface area (Å²) < 4.78 is 5.05. The van der Waals surface area contributed by atoms with E-state index in [2.05, 4.69) is 17.4 Å². The predicted molar refractivity (Wildman–Crippen MR) is 90.2 cm³/mol. The third kappa shape index (κ3) is 4.23. The van der Waals surface area contributed by atoms with Gasteiger partial charge in [0.15, 0.2) is 0 Å². The number of hydrogen-bond acceptors (Lipinski definition) is 3. The highest BCUT2D eigenvalue weighted by atomic mass is 16.3. The first kappa shape index (κ1) is 15.8. The maximum atomic E-state index is 12.5. The molecule has 0 spiro atoms. The summed E-state index contributed by atoms with van der Waals surface area (Å²) in [6.07, 6.45) is 6.95. The Kier molecular flexibility index (Phi) is 5.13. The van der Waals surface area contributed by atoms with E-state index in [1.807, 2.05) is 25.2 Å². The standard InChI is InChI=1S/C19H24N2O2/c1-21(13-17-8-10-23-14-17)19(22)18-6-4-15(5-7-18)11-16-3-2-9-20-12-16/h4-8,10,14,16,20H,2-3,9,11-13H2,1H3. The van der Waals surface area contributed by atoms with Crippen LogP contribution in [-0.4, -0.2) is 30.9 Å². The van der Waals surface area contributed by atoms with Gasteiger partial charge in [0.25, 0.3) is 5.91 Å². The van der Waals surface area contributed by atoms with E-state index in [9.17, 15) is 4.79 Å². The van der Waals surface area contributed by atoms with Crippen LogP contribution in [0.4, 0.5) is 0 Å². The lowest BCUT2D eigenvalue weighted by atomic mass is 9.92. The Morgan fingerprint density at radius 2 is 2.09 bits per heavy atom. The van der Waals surface area contributed by atoms with Crippen LogP contribution in [0.15, 0.2) is 47.3 Å². The van der Waals surface area contributed by atoms with Crippen molar-refractivity contribution in [3.05, 3.63) is 59.5 Å². The molecule has 0 bridgehead atoms. The van der Waals surface area contributed by atoms with E-state index in [0.717, 1.165) is 30.6 Å². The first-order chi connectivity index (χ1) is 11.2. The molecule has 1 unspecified atom stereocenters. The Morgan fingerprint density at radius 3 is 2.74 bits per heavy atom. The van der Waals surface area contributed by atoms with Gasteiger partial charge in [0, 0.05) is 24.7 Å². The van der Waals surface area contributed by atoms with E-state index >= 15 is 0 Å². The average molecular weight is 312 g/mol. The Labute approximate surface area is 137 Å². The molecule has 1 atom stereocenters. The van der Waals surface area contributed by atoms with Crippen LogP contribution in [0.25, 0.3) is 0 Å². The molecule has 3 rings (SSSR count). The third-order valence-corrected chi connectivity index (χ3v) is 4.47. The van der Waals surface area contributed by atoms with Gasteiger partial charge in [-0.2, -0.15) is 0 Å². The van der Waals surface area contributed by atoms with Gasteiger partial charge in [-0.05, 0) is 62.0 Å². The highest BCUT2D eigenvalue weighted by molar-refractivity contribution is 5.94. The molecule has 0 radical (unpaired) electrons. The molecule has 1 aromatic heterocycles. The van der Waals surface area contributed by atoms with Gasteiger partial charge in [0.05, 0.1) is 12.5 Å². The molecule has 1 N–H and O–H groups in total. The summed E-state index contributed by atoms with van der Waals surface area (Å²) in [6, 6.07) is 9.95. The van der Waals surface area contributed by atoms with Crippen LogP contribution in [0.3, 0.4) is 0 Å². The smallest absolute Gasteiger partial charge is 0.253 e. The number of furan rings is 1. The van der Waals surface area contributed by atoms with Gasteiger partial charge in [0.2, 0.25) is 0 Å². The first-order valence-electron chi connectivity index (χ1n) is 8.28. The van der Waals surface area contributed by atoms with Crippen molar-refractivity contribution in [1.82, 2.24) is 10.2 Å². The summed E-state index contributed by atoms with van der Waals surface area (Å²) in [4.78, 5) is 14.2. The van der Waals surface area contributed by atoms with E-state index in [1.165, 1.54) is 18.4 Å². The van der Waals surface area contributed by atoms with E-state index in [1.54, 1.807) is 17.4 Å². The Bertz CT molecular complexity index is 613. The summed E-state index contributed by atoms with van der Waals surface area (Å²) in [5, 5.41) is 3.45. The number of nitrogens with zero attached hydrogens (tertiary/aromatic N) is 1. The molecule has 1 aromatic carbocycles. The number of hydrogen-bond donors (Lipinski definition) is 1. The molecule has 0 saturated carbocycles. The number of amides is 1. The number of benzene rings is 1. The summed E-state index contributed by atoms with van der Waals surface area (Å²) >= 11 is 0.